The Morgan fingerprint density at radius 3 is 2.68 bits per heavy atom. The molecule has 1 aromatic heterocycles. The van der Waals surface area contributed by atoms with E-state index < -0.39 is 17.8 Å². The first kappa shape index (κ1) is 22.4. The molecule has 31 heavy (non-hydrogen) atoms. The quantitative estimate of drug-likeness (QED) is 0.735. The van der Waals surface area contributed by atoms with Crippen molar-refractivity contribution in [3.8, 4) is 11.1 Å². The van der Waals surface area contributed by atoms with Gasteiger partial charge < -0.3 is 15.1 Å². The fourth-order valence-electron chi connectivity index (χ4n) is 3.67. The molecule has 2 aromatic rings. The zero-order chi connectivity index (χ0) is 22.7. The molecule has 9 heteroatoms. The lowest BCUT2D eigenvalue weighted by molar-refractivity contribution is -0.139. The van der Waals surface area contributed by atoms with Gasteiger partial charge in [-0.1, -0.05) is 18.2 Å². The van der Waals surface area contributed by atoms with Crippen LogP contribution < -0.4 is 5.32 Å². The summed E-state index contributed by atoms with van der Waals surface area (Å²) in [5.74, 6) is -1.51. The summed E-state index contributed by atoms with van der Waals surface area (Å²) in [6.45, 7) is 5.60. The fraction of sp³-hybridized carbons (Fsp3) is 0.273. The van der Waals surface area contributed by atoms with Crippen molar-refractivity contribution in [2.24, 2.45) is 0 Å². The van der Waals surface area contributed by atoms with Crippen molar-refractivity contribution in [2.75, 3.05) is 26.7 Å². The van der Waals surface area contributed by atoms with Crippen molar-refractivity contribution in [3.63, 3.8) is 0 Å². The van der Waals surface area contributed by atoms with Crippen molar-refractivity contribution < 1.29 is 18.8 Å². The number of aromatic nitrogens is 1. The van der Waals surface area contributed by atoms with Crippen LogP contribution in [0, 0.1) is 5.82 Å². The Morgan fingerprint density at radius 1 is 1.29 bits per heavy atom. The highest BCUT2D eigenvalue weighted by molar-refractivity contribution is 6.31. The number of nitrogens with one attached hydrogen (secondary N) is 1. The summed E-state index contributed by atoms with van der Waals surface area (Å²) in [5.41, 5.74) is 0.911. The third kappa shape index (κ3) is 4.59. The lowest BCUT2D eigenvalue weighted by Crippen LogP contribution is -2.51. The number of benzene rings is 1. The van der Waals surface area contributed by atoms with Crippen LogP contribution in [0.4, 0.5) is 4.39 Å². The molecule has 162 valence electrons. The molecular formula is C22H22ClFN4O3. The zero-order valence-corrected chi connectivity index (χ0v) is 17.9. The Balaban J connectivity index is 2.10. The van der Waals surface area contributed by atoms with Gasteiger partial charge in [0.1, 0.15) is 11.5 Å². The highest BCUT2D eigenvalue weighted by atomic mass is 35.5. The molecule has 1 atom stereocenters. The summed E-state index contributed by atoms with van der Waals surface area (Å²) in [4.78, 5) is 43.3. The molecule has 0 saturated carbocycles. The number of amides is 3. The Labute approximate surface area is 184 Å². The van der Waals surface area contributed by atoms with E-state index in [1.165, 1.54) is 54.2 Å². The average Bonchev–Trinajstić information content (AvgIpc) is 2.78. The van der Waals surface area contributed by atoms with Gasteiger partial charge in [-0.3, -0.25) is 19.4 Å². The van der Waals surface area contributed by atoms with Gasteiger partial charge in [-0.05, 0) is 35.9 Å². The maximum atomic E-state index is 15.7. The van der Waals surface area contributed by atoms with Crippen LogP contribution in [0.25, 0.3) is 11.1 Å². The largest absolute Gasteiger partial charge is 0.354 e. The Kier molecular flexibility index (Phi) is 6.70. The Bertz CT molecular complexity index is 1060. The number of halogens is 2. The minimum atomic E-state index is -0.715. The van der Waals surface area contributed by atoms with E-state index in [1.807, 2.05) is 0 Å². The van der Waals surface area contributed by atoms with E-state index in [0.29, 0.717) is 12.1 Å². The molecule has 2 heterocycles. The molecule has 3 amide bonds. The standard InChI is InChI=1S/C22H22ClFN4O3/c1-4-20(30)27-7-8-28(13(2)29)19(12-27)17-11-15(23)10-16(21(17)24)14-5-6-26-18(9-14)22(31)25-3/h4-6,9-11,19H,1,7-8,12H2,2-3H3,(H,25,31)/t19-/m0/s1. The second kappa shape index (κ2) is 9.26. The number of hydrogen-bond donors (Lipinski definition) is 1. The van der Waals surface area contributed by atoms with E-state index in [1.54, 1.807) is 6.07 Å². The molecule has 0 aliphatic carbocycles. The van der Waals surface area contributed by atoms with Gasteiger partial charge in [-0.15, -0.1) is 0 Å². The van der Waals surface area contributed by atoms with Crippen LogP contribution in [0.1, 0.15) is 29.0 Å². The van der Waals surface area contributed by atoms with Gasteiger partial charge in [-0.25, -0.2) is 4.39 Å². The molecule has 1 N–H and O–H groups in total. The normalized spacial score (nSPS) is 16.1. The SMILES string of the molecule is C=CC(=O)N1CCN(C(C)=O)[C@H](c2cc(Cl)cc(-c3ccnc(C(=O)NC)c3)c2F)C1. The van der Waals surface area contributed by atoms with E-state index in [2.05, 4.69) is 16.9 Å². The number of rotatable bonds is 4. The van der Waals surface area contributed by atoms with Crippen molar-refractivity contribution in [1.82, 2.24) is 20.1 Å². The number of nitrogens with zero attached hydrogens (tertiary/aromatic N) is 3. The molecule has 1 fully saturated rings. The minimum Gasteiger partial charge on any atom is -0.354 e. The smallest absolute Gasteiger partial charge is 0.269 e. The van der Waals surface area contributed by atoms with Crippen LogP contribution in [-0.2, 0) is 9.59 Å². The molecule has 0 bridgehead atoms. The van der Waals surface area contributed by atoms with Crippen LogP contribution in [0.2, 0.25) is 5.02 Å². The first-order valence-electron chi connectivity index (χ1n) is 9.62. The van der Waals surface area contributed by atoms with E-state index in [0.717, 1.165) is 0 Å². The maximum Gasteiger partial charge on any atom is 0.269 e. The molecule has 7 nitrogen and oxygen atoms in total. The third-order valence-electron chi connectivity index (χ3n) is 5.23. The topological polar surface area (TPSA) is 82.6 Å². The number of pyridine rings is 1. The summed E-state index contributed by atoms with van der Waals surface area (Å²) in [7, 11) is 1.48. The lowest BCUT2D eigenvalue weighted by Gasteiger charge is -2.41. The summed E-state index contributed by atoms with van der Waals surface area (Å²) in [5, 5.41) is 2.74. The second-order valence-corrected chi connectivity index (χ2v) is 7.52. The molecule has 1 aromatic carbocycles. The first-order chi connectivity index (χ1) is 14.8. The fourth-order valence-corrected chi connectivity index (χ4v) is 3.90. The van der Waals surface area contributed by atoms with Gasteiger partial charge in [0.2, 0.25) is 11.8 Å². The van der Waals surface area contributed by atoms with Crippen LogP contribution in [0.15, 0.2) is 43.1 Å². The van der Waals surface area contributed by atoms with E-state index in [-0.39, 0.29) is 46.7 Å². The van der Waals surface area contributed by atoms with E-state index >= 15 is 4.39 Å². The van der Waals surface area contributed by atoms with Crippen molar-refractivity contribution in [1.29, 1.82) is 0 Å². The molecular weight excluding hydrogens is 423 g/mol. The van der Waals surface area contributed by atoms with Crippen LogP contribution in [0.3, 0.4) is 0 Å². The average molecular weight is 445 g/mol. The van der Waals surface area contributed by atoms with Crippen LogP contribution in [-0.4, -0.2) is 59.2 Å². The lowest BCUT2D eigenvalue weighted by atomic mass is 9.95. The molecule has 3 rings (SSSR count). The number of carbonyl (C=O) groups is 3. The number of carbonyl (C=O) groups excluding carboxylic acids is 3. The molecule has 0 unspecified atom stereocenters. The Morgan fingerprint density at radius 2 is 2.03 bits per heavy atom. The summed E-state index contributed by atoms with van der Waals surface area (Å²) in [6.07, 6.45) is 2.60. The molecule has 1 saturated heterocycles. The van der Waals surface area contributed by atoms with Gasteiger partial charge in [0.15, 0.2) is 0 Å². The summed E-state index contributed by atoms with van der Waals surface area (Å²) in [6, 6.07) is 5.24. The first-order valence-corrected chi connectivity index (χ1v) is 10.0. The van der Waals surface area contributed by atoms with Gasteiger partial charge in [0, 0.05) is 56.0 Å². The van der Waals surface area contributed by atoms with Crippen molar-refractivity contribution in [3.05, 3.63) is 65.2 Å². The van der Waals surface area contributed by atoms with E-state index in [4.69, 9.17) is 11.6 Å². The number of hydrogen-bond acceptors (Lipinski definition) is 4. The molecule has 0 radical (unpaired) electrons. The van der Waals surface area contributed by atoms with Gasteiger partial charge >= 0.3 is 0 Å². The molecule has 1 aliphatic heterocycles. The van der Waals surface area contributed by atoms with Gasteiger partial charge in [-0.2, -0.15) is 0 Å². The Hall–Kier alpha value is -3.26. The van der Waals surface area contributed by atoms with Crippen molar-refractivity contribution >= 4 is 29.3 Å². The predicted octanol–water partition coefficient (Wildman–Crippen LogP) is 2.82. The monoisotopic (exact) mass is 444 g/mol. The second-order valence-electron chi connectivity index (χ2n) is 7.08. The summed E-state index contributed by atoms with van der Waals surface area (Å²) < 4.78 is 15.7. The van der Waals surface area contributed by atoms with Gasteiger partial charge in [0.05, 0.1) is 6.04 Å². The molecule has 0 spiro atoms. The van der Waals surface area contributed by atoms with Gasteiger partial charge in [0.25, 0.3) is 5.91 Å². The number of piperazine rings is 1. The van der Waals surface area contributed by atoms with Crippen molar-refractivity contribution in [2.45, 2.75) is 13.0 Å². The third-order valence-corrected chi connectivity index (χ3v) is 5.44. The van der Waals surface area contributed by atoms with E-state index in [9.17, 15) is 14.4 Å². The minimum absolute atomic E-state index is 0.112. The predicted molar refractivity (Wildman–Crippen MR) is 115 cm³/mol. The van der Waals surface area contributed by atoms with Crippen LogP contribution in [0.5, 0.6) is 0 Å². The summed E-state index contributed by atoms with van der Waals surface area (Å²) >= 11 is 6.31. The maximum absolute atomic E-state index is 15.7. The zero-order valence-electron chi connectivity index (χ0n) is 17.2. The van der Waals surface area contributed by atoms with Crippen LogP contribution >= 0.6 is 11.6 Å². The highest BCUT2D eigenvalue weighted by Crippen LogP contribution is 2.35. The highest BCUT2D eigenvalue weighted by Gasteiger charge is 2.34. The molecule has 1 aliphatic rings.